The molecule has 1 rings (SSSR count). The van der Waals surface area contributed by atoms with E-state index in [9.17, 15) is 0 Å². The first-order valence-corrected chi connectivity index (χ1v) is 4.30. The summed E-state index contributed by atoms with van der Waals surface area (Å²) >= 11 is 0. The van der Waals surface area contributed by atoms with Gasteiger partial charge in [-0.3, -0.25) is 0 Å². The topological polar surface area (TPSA) is 3.24 Å². The third-order valence-electron chi connectivity index (χ3n) is 2.30. The van der Waals surface area contributed by atoms with E-state index in [1.54, 1.807) is 0 Å². The maximum absolute atomic E-state index is 4.00. The summed E-state index contributed by atoms with van der Waals surface area (Å²) in [5, 5.41) is 0. The second-order valence-electron chi connectivity index (χ2n) is 3.26. The molecule has 0 heterocycles. The minimum Gasteiger partial charge on any atom is -0.306 e. The molecular weight excluding hydrogens is 134 g/mol. The Labute approximate surface area is 70.8 Å². The quantitative estimate of drug-likeness (QED) is 0.522. The highest BCUT2D eigenvalue weighted by molar-refractivity contribution is 4.70. The van der Waals surface area contributed by atoms with Gasteiger partial charge in [-0.05, 0) is 26.9 Å². The van der Waals surface area contributed by atoms with Gasteiger partial charge in [-0.2, -0.15) is 0 Å². The second-order valence-corrected chi connectivity index (χ2v) is 3.26. The molecule has 0 saturated heterocycles. The van der Waals surface area contributed by atoms with E-state index in [1.807, 2.05) is 0 Å². The predicted molar refractivity (Wildman–Crippen MR) is 50.5 cm³/mol. The Morgan fingerprint density at radius 1 is 1.00 bits per heavy atom. The fourth-order valence-corrected chi connectivity index (χ4v) is 1.60. The molecule has 0 spiro atoms. The fourth-order valence-electron chi connectivity index (χ4n) is 1.60. The molecule has 0 aromatic heterocycles. The molecule has 0 radical (unpaired) electrons. The smallest absolute Gasteiger partial charge is 0.00891 e. The molecule has 0 amide bonds. The Morgan fingerprint density at radius 2 is 1.45 bits per heavy atom. The van der Waals surface area contributed by atoms with Crippen LogP contribution in [0.5, 0.6) is 0 Å². The van der Waals surface area contributed by atoms with Crippen molar-refractivity contribution in [3.8, 4) is 12.8 Å². The number of hydrogen-bond acceptors (Lipinski definition) is 1. The lowest BCUT2D eigenvalue weighted by atomic mass is 9.95. The molecule has 0 bridgehead atoms. The van der Waals surface area contributed by atoms with E-state index in [2.05, 4.69) is 31.8 Å². The lowest BCUT2D eigenvalue weighted by molar-refractivity contribution is 0.229. The zero-order valence-electron chi connectivity index (χ0n) is 7.71. The minimum absolute atomic E-state index is 0.888. The van der Waals surface area contributed by atoms with Gasteiger partial charge in [0.25, 0.3) is 0 Å². The number of nitrogens with zero attached hydrogens (tertiary/aromatic N) is 1. The molecule has 1 heteroatoms. The Balaban J connectivity index is 0.000000461. The first-order valence-electron chi connectivity index (χ1n) is 4.30. The Hall–Kier alpha value is -0.480. The standard InChI is InChI=1S/C8H17N.C2H2/c1-9(2)8-6-4-3-5-7-8;1-2/h8H,3-7H2,1-2H3;1-2H. The van der Waals surface area contributed by atoms with E-state index in [4.69, 9.17) is 0 Å². The summed E-state index contributed by atoms with van der Waals surface area (Å²) in [6, 6.07) is 0.888. The van der Waals surface area contributed by atoms with Crippen LogP contribution < -0.4 is 0 Å². The van der Waals surface area contributed by atoms with E-state index < -0.39 is 0 Å². The van der Waals surface area contributed by atoms with Crippen LogP contribution in [0.3, 0.4) is 0 Å². The van der Waals surface area contributed by atoms with Crippen molar-refractivity contribution >= 4 is 0 Å². The van der Waals surface area contributed by atoms with Gasteiger partial charge in [-0.25, -0.2) is 0 Å². The zero-order chi connectivity index (χ0) is 8.69. The highest BCUT2D eigenvalue weighted by atomic mass is 15.1. The molecular formula is C10H19N. The van der Waals surface area contributed by atoms with Crippen molar-refractivity contribution in [2.45, 2.75) is 38.1 Å². The van der Waals surface area contributed by atoms with Gasteiger partial charge in [0, 0.05) is 6.04 Å². The van der Waals surface area contributed by atoms with Gasteiger partial charge in [-0.1, -0.05) is 19.3 Å². The summed E-state index contributed by atoms with van der Waals surface area (Å²) in [6.07, 6.45) is 15.2. The van der Waals surface area contributed by atoms with Gasteiger partial charge < -0.3 is 4.90 Å². The van der Waals surface area contributed by atoms with E-state index in [0.29, 0.717) is 0 Å². The van der Waals surface area contributed by atoms with Crippen LogP contribution in [0.25, 0.3) is 0 Å². The van der Waals surface area contributed by atoms with Crippen molar-refractivity contribution in [2.24, 2.45) is 0 Å². The predicted octanol–water partition coefficient (Wildman–Crippen LogP) is 2.13. The van der Waals surface area contributed by atoms with Crippen molar-refractivity contribution in [2.75, 3.05) is 14.1 Å². The molecule has 1 nitrogen and oxygen atoms in total. The number of terminal acetylenes is 1. The largest absolute Gasteiger partial charge is 0.306 e. The highest BCUT2D eigenvalue weighted by Gasteiger charge is 2.13. The maximum atomic E-state index is 4.00. The molecule has 0 aromatic carbocycles. The summed E-state index contributed by atoms with van der Waals surface area (Å²) in [5.41, 5.74) is 0. The van der Waals surface area contributed by atoms with Crippen LogP contribution in [0.1, 0.15) is 32.1 Å². The van der Waals surface area contributed by atoms with Crippen LogP contribution in [0.2, 0.25) is 0 Å². The summed E-state index contributed by atoms with van der Waals surface area (Å²) in [4.78, 5) is 2.36. The molecule has 1 fully saturated rings. The first-order chi connectivity index (χ1) is 5.30. The molecule has 11 heavy (non-hydrogen) atoms. The lowest BCUT2D eigenvalue weighted by Gasteiger charge is -2.27. The second kappa shape index (κ2) is 6.24. The first kappa shape index (κ1) is 10.5. The van der Waals surface area contributed by atoms with Gasteiger partial charge in [0.1, 0.15) is 0 Å². The zero-order valence-corrected chi connectivity index (χ0v) is 7.71. The van der Waals surface area contributed by atoms with E-state index in [-0.39, 0.29) is 0 Å². The van der Waals surface area contributed by atoms with Crippen LogP contribution >= 0.6 is 0 Å². The van der Waals surface area contributed by atoms with Gasteiger partial charge in [0.15, 0.2) is 0 Å². The minimum atomic E-state index is 0.888. The molecule has 0 atom stereocenters. The Kier molecular flexibility index (Phi) is 5.97. The molecule has 1 saturated carbocycles. The molecule has 1 aliphatic carbocycles. The van der Waals surface area contributed by atoms with Crippen molar-refractivity contribution < 1.29 is 0 Å². The lowest BCUT2D eigenvalue weighted by Crippen LogP contribution is -2.29. The van der Waals surface area contributed by atoms with Crippen LogP contribution in [0.15, 0.2) is 0 Å². The number of rotatable bonds is 1. The third kappa shape index (κ3) is 4.06. The SMILES string of the molecule is C#C.CN(C)C1CCCCC1. The Morgan fingerprint density at radius 3 is 1.73 bits per heavy atom. The van der Waals surface area contributed by atoms with Crippen molar-refractivity contribution in [1.82, 2.24) is 4.90 Å². The van der Waals surface area contributed by atoms with Crippen LogP contribution in [-0.4, -0.2) is 25.0 Å². The number of hydrogen-bond donors (Lipinski definition) is 0. The highest BCUT2D eigenvalue weighted by Crippen LogP contribution is 2.20. The van der Waals surface area contributed by atoms with Crippen LogP contribution in [0, 0.1) is 12.8 Å². The van der Waals surface area contributed by atoms with E-state index in [1.165, 1.54) is 32.1 Å². The van der Waals surface area contributed by atoms with Crippen LogP contribution in [0.4, 0.5) is 0 Å². The van der Waals surface area contributed by atoms with Crippen molar-refractivity contribution in [3.63, 3.8) is 0 Å². The van der Waals surface area contributed by atoms with Crippen molar-refractivity contribution in [3.05, 3.63) is 0 Å². The molecule has 0 aliphatic heterocycles. The monoisotopic (exact) mass is 153 g/mol. The fraction of sp³-hybridized carbons (Fsp3) is 0.800. The van der Waals surface area contributed by atoms with E-state index in [0.717, 1.165) is 6.04 Å². The average Bonchev–Trinajstić information content (AvgIpc) is 2.10. The summed E-state index contributed by atoms with van der Waals surface area (Å²) in [7, 11) is 4.38. The van der Waals surface area contributed by atoms with E-state index >= 15 is 0 Å². The van der Waals surface area contributed by atoms with Gasteiger partial charge in [0.05, 0.1) is 0 Å². The van der Waals surface area contributed by atoms with Gasteiger partial charge in [-0.15, -0.1) is 12.8 Å². The normalized spacial score (nSPS) is 19.0. The van der Waals surface area contributed by atoms with Gasteiger partial charge in [0.2, 0.25) is 0 Å². The average molecular weight is 153 g/mol. The molecule has 1 aliphatic rings. The molecule has 64 valence electrons. The van der Waals surface area contributed by atoms with Gasteiger partial charge >= 0.3 is 0 Å². The van der Waals surface area contributed by atoms with Crippen LogP contribution in [-0.2, 0) is 0 Å². The summed E-state index contributed by atoms with van der Waals surface area (Å²) < 4.78 is 0. The summed E-state index contributed by atoms with van der Waals surface area (Å²) in [5.74, 6) is 0. The summed E-state index contributed by atoms with van der Waals surface area (Å²) in [6.45, 7) is 0. The maximum Gasteiger partial charge on any atom is 0.00891 e. The molecule has 0 unspecified atom stereocenters. The van der Waals surface area contributed by atoms with Crippen molar-refractivity contribution in [1.29, 1.82) is 0 Å². The third-order valence-corrected chi connectivity index (χ3v) is 2.30. The Bertz CT molecular complexity index is 98.7. The molecule has 0 aromatic rings. The molecule has 0 N–H and O–H groups in total.